The maximum atomic E-state index is 12.3. The molecule has 0 saturated heterocycles. The summed E-state index contributed by atoms with van der Waals surface area (Å²) in [6.07, 6.45) is 6.54. The Kier molecular flexibility index (Phi) is 6.05. The molecule has 134 valence electrons. The summed E-state index contributed by atoms with van der Waals surface area (Å²) in [6.45, 7) is 2.74. The lowest BCUT2D eigenvalue weighted by Gasteiger charge is -2.30. The molecule has 0 spiro atoms. The van der Waals surface area contributed by atoms with Crippen molar-refractivity contribution in [2.24, 2.45) is 5.73 Å². The molecule has 1 aromatic heterocycles. The van der Waals surface area contributed by atoms with Crippen LogP contribution in [0.5, 0.6) is 0 Å². The van der Waals surface area contributed by atoms with Crippen molar-refractivity contribution in [1.82, 2.24) is 4.57 Å². The van der Waals surface area contributed by atoms with Gasteiger partial charge in [0.2, 0.25) is 0 Å². The van der Waals surface area contributed by atoms with Crippen molar-refractivity contribution in [2.45, 2.75) is 50.7 Å². The lowest BCUT2D eigenvalue weighted by Crippen LogP contribution is -2.34. The third-order valence-corrected chi connectivity index (χ3v) is 5.30. The van der Waals surface area contributed by atoms with E-state index >= 15 is 0 Å². The van der Waals surface area contributed by atoms with Crippen LogP contribution < -0.4 is 11.3 Å². The molecule has 4 nitrogen and oxygen atoms in total. The SMILES string of the molecule is Cc1cccn([C@@H](CN)COC2CCC(c3ccccc3)CC2)c1=O. The van der Waals surface area contributed by atoms with Crippen LogP contribution in [0, 0.1) is 6.92 Å². The molecule has 0 aliphatic heterocycles. The summed E-state index contributed by atoms with van der Waals surface area (Å²) in [4.78, 5) is 12.3. The van der Waals surface area contributed by atoms with E-state index in [1.165, 1.54) is 5.56 Å². The minimum Gasteiger partial charge on any atom is -0.376 e. The highest BCUT2D eigenvalue weighted by molar-refractivity contribution is 5.19. The summed E-state index contributed by atoms with van der Waals surface area (Å²) in [5.74, 6) is 0.644. The van der Waals surface area contributed by atoms with Gasteiger partial charge in [0.15, 0.2) is 0 Å². The van der Waals surface area contributed by atoms with Gasteiger partial charge in [0.05, 0.1) is 18.8 Å². The van der Waals surface area contributed by atoms with Gasteiger partial charge in [-0.3, -0.25) is 4.79 Å². The van der Waals surface area contributed by atoms with Gasteiger partial charge in [0.1, 0.15) is 0 Å². The van der Waals surface area contributed by atoms with E-state index in [4.69, 9.17) is 10.5 Å². The number of benzene rings is 1. The quantitative estimate of drug-likeness (QED) is 0.877. The molecule has 0 amide bonds. The Labute approximate surface area is 149 Å². The zero-order valence-electron chi connectivity index (χ0n) is 14.9. The molecule has 0 bridgehead atoms. The average molecular weight is 340 g/mol. The highest BCUT2D eigenvalue weighted by Crippen LogP contribution is 2.34. The topological polar surface area (TPSA) is 57.2 Å². The minimum atomic E-state index is -0.0979. The molecule has 1 fully saturated rings. The maximum absolute atomic E-state index is 12.3. The van der Waals surface area contributed by atoms with Gasteiger partial charge >= 0.3 is 0 Å². The lowest BCUT2D eigenvalue weighted by atomic mass is 9.83. The maximum Gasteiger partial charge on any atom is 0.253 e. The smallest absolute Gasteiger partial charge is 0.253 e. The van der Waals surface area contributed by atoms with Crippen molar-refractivity contribution in [2.75, 3.05) is 13.2 Å². The normalized spacial score (nSPS) is 21.8. The summed E-state index contributed by atoms with van der Waals surface area (Å²) >= 11 is 0. The van der Waals surface area contributed by atoms with E-state index in [0.717, 1.165) is 31.2 Å². The Morgan fingerprint density at radius 2 is 1.84 bits per heavy atom. The van der Waals surface area contributed by atoms with E-state index in [1.807, 2.05) is 25.3 Å². The van der Waals surface area contributed by atoms with Gasteiger partial charge in [-0.15, -0.1) is 0 Å². The molecular weight excluding hydrogens is 312 g/mol. The number of nitrogens with zero attached hydrogens (tertiary/aromatic N) is 1. The van der Waals surface area contributed by atoms with Gasteiger partial charge in [-0.2, -0.15) is 0 Å². The summed E-state index contributed by atoms with van der Waals surface area (Å²) in [6, 6.07) is 14.4. The van der Waals surface area contributed by atoms with Gasteiger partial charge in [0, 0.05) is 18.3 Å². The van der Waals surface area contributed by atoms with Crippen LogP contribution in [0.15, 0.2) is 53.5 Å². The van der Waals surface area contributed by atoms with Gasteiger partial charge in [-0.25, -0.2) is 0 Å². The van der Waals surface area contributed by atoms with Crippen LogP contribution in [0.2, 0.25) is 0 Å². The molecule has 1 aliphatic rings. The number of rotatable bonds is 6. The van der Waals surface area contributed by atoms with Crippen LogP contribution in [0.3, 0.4) is 0 Å². The highest BCUT2D eigenvalue weighted by Gasteiger charge is 2.23. The molecule has 0 radical (unpaired) electrons. The predicted octanol–water partition coefficient (Wildman–Crippen LogP) is 3.40. The summed E-state index contributed by atoms with van der Waals surface area (Å²) in [7, 11) is 0. The molecule has 1 aromatic carbocycles. The van der Waals surface area contributed by atoms with Crippen LogP contribution in [-0.4, -0.2) is 23.8 Å². The van der Waals surface area contributed by atoms with Crippen molar-refractivity contribution in [1.29, 1.82) is 0 Å². The first-order valence-electron chi connectivity index (χ1n) is 9.23. The van der Waals surface area contributed by atoms with E-state index in [0.29, 0.717) is 19.1 Å². The molecule has 2 aromatic rings. The van der Waals surface area contributed by atoms with Crippen molar-refractivity contribution >= 4 is 0 Å². The molecule has 0 unspecified atom stereocenters. The third kappa shape index (κ3) is 4.39. The van der Waals surface area contributed by atoms with E-state index in [9.17, 15) is 4.79 Å². The number of ether oxygens (including phenoxy) is 1. The van der Waals surface area contributed by atoms with Crippen LogP contribution in [0.25, 0.3) is 0 Å². The molecule has 25 heavy (non-hydrogen) atoms. The molecule has 3 rings (SSSR count). The lowest BCUT2D eigenvalue weighted by molar-refractivity contribution is 0.00784. The molecule has 2 N–H and O–H groups in total. The number of hydrogen-bond donors (Lipinski definition) is 1. The van der Waals surface area contributed by atoms with Gasteiger partial charge in [0.25, 0.3) is 5.56 Å². The van der Waals surface area contributed by atoms with Crippen molar-refractivity contribution in [3.63, 3.8) is 0 Å². The van der Waals surface area contributed by atoms with Gasteiger partial charge in [-0.1, -0.05) is 36.4 Å². The van der Waals surface area contributed by atoms with E-state index in [2.05, 4.69) is 30.3 Å². The molecular formula is C21H28N2O2. The second-order valence-electron chi connectivity index (χ2n) is 7.01. The van der Waals surface area contributed by atoms with E-state index < -0.39 is 0 Å². The first-order valence-corrected chi connectivity index (χ1v) is 9.23. The number of aryl methyl sites for hydroxylation is 1. The summed E-state index contributed by atoms with van der Waals surface area (Å²) in [5, 5.41) is 0. The number of nitrogens with two attached hydrogens (primary N) is 1. The van der Waals surface area contributed by atoms with Gasteiger partial charge < -0.3 is 15.0 Å². The number of aromatic nitrogens is 1. The first-order chi connectivity index (χ1) is 12.2. The van der Waals surface area contributed by atoms with Crippen molar-refractivity contribution < 1.29 is 4.74 Å². The Balaban J connectivity index is 1.53. The standard InChI is InChI=1S/C21H28N2O2/c1-16-6-5-13-23(21(16)24)19(14-22)15-25-20-11-9-18(10-12-20)17-7-3-2-4-8-17/h2-8,13,18-20H,9-12,14-15,22H2,1H3/t18?,19-,20?/m0/s1. The fourth-order valence-electron chi connectivity index (χ4n) is 3.71. The van der Waals surface area contributed by atoms with Crippen LogP contribution in [0.1, 0.15) is 48.8 Å². The number of hydrogen-bond acceptors (Lipinski definition) is 3. The minimum absolute atomic E-state index is 0.0225. The fraction of sp³-hybridized carbons (Fsp3) is 0.476. The largest absolute Gasteiger partial charge is 0.376 e. The highest BCUT2D eigenvalue weighted by atomic mass is 16.5. The zero-order valence-corrected chi connectivity index (χ0v) is 14.9. The Bertz CT molecular complexity index is 718. The average Bonchev–Trinajstić information content (AvgIpc) is 2.66. The second-order valence-corrected chi connectivity index (χ2v) is 7.01. The fourth-order valence-corrected chi connectivity index (χ4v) is 3.71. The monoisotopic (exact) mass is 340 g/mol. The first kappa shape index (κ1) is 17.9. The Hall–Kier alpha value is -1.91. The number of pyridine rings is 1. The van der Waals surface area contributed by atoms with E-state index in [1.54, 1.807) is 4.57 Å². The molecule has 1 saturated carbocycles. The Morgan fingerprint density at radius 3 is 2.52 bits per heavy atom. The predicted molar refractivity (Wildman–Crippen MR) is 101 cm³/mol. The van der Waals surface area contributed by atoms with Crippen LogP contribution in [-0.2, 0) is 4.74 Å². The van der Waals surface area contributed by atoms with Crippen molar-refractivity contribution in [3.8, 4) is 0 Å². The van der Waals surface area contributed by atoms with E-state index in [-0.39, 0.29) is 17.7 Å². The molecule has 1 aliphatic carbocycles. The van der Waals surface area contributed by atoms with Crippen LogP contribution in [0.4, 0.5) is 0 Å². The van der Waals surface area contributed by atoms with Crippen molar-refractivity contribution in [3.05, 3.63) is 70.1 Å². The summed E-state index contributed by atoms with van der Waals surface area (Å²) in [5.41, 5.74) is 8.10. The molecule has 1 heterocycles. The third-order valence-electron chi connectivity index (χ3n) is 5.30. The molecule has 4 heteroatoms. The Morgan fingerprint density at radius 1 is 1.12 bits per heavy atom. The van der Waals surface area contributed by atoms with Crippen LogP contribution >= 0.6 is 0 Å². The zero-order chi connectivity index (χ0) is 17.6. The second kappa shape index (κ2) is 8.45. The molecule has 1 atom stereocenters. The van der Waals surface area contributed by atoms with Gasteiger partial charge in [-0.05, 0) is 50.2 Å². The summed E-state index contributed by atoms with van der Waals surface area (Å²) < 4.78 is 7.84.